The van der Waals surface area contributed by atoms with E-state index in [2.05, 4.69) is 20.4 Å². The minimum atomic E-state index is -4.40. The van der Waals surface area contributed by atoms with Crippen LogP contribution in [0.15, 0.2) is 23.8 Å². The Kier molecular flexibility index (Phi) is 3.28. The van der Waals surface area contributed by atoms with E-state index < -0.39 is 11.7 Å². The minimum absolute atomic E-state index is 0.0819. The van der Waals surface area contributed by atoms with Crippen LogP contribution in [0, 0.1) is 0 Å². The van der Waals surface area contributed by atoms with Crippen molar-refractivity contribution >= 4 is 27.4 Å². The van der Waals surface area contributed by atoms with Crippen LogP contribution in [0.3, 0.4) is 0 Å². The fourth-order valence-electron chi connectivity index (χ4n) is 1.90. The van der Waals surface area contributed by atoms with E-state index in [1.165, 1.54) is 16.0 Å². The SMILES string of the molecule is CNc1nc(Cn2cc(C(F)(F)F)cn2)nc2sccc12. The fraction of sp³-hybridized carbons (Fsp3) is 0.250. The Labute approximate surface area is 121 Å². The lowest BCUT2D eigenvalue weighted by Crippen LogP contribution is -2.07. The Morgan fingerprint density at radius 1 is 1.33 bits per heavy atom. The summed E-state index contributed by atoms with van der Waals surface area (Å²) in [6.07, 6.45) is -2.66. The molecular weight excluding hydrogens is 303 g/mol. The molecule has 21 heavy (non-hydrogen) atoms. The number of nitrogens with zero attached hydrogens (tertiary/aromatic N) is 4. The highest BCUT2D eigenvalue weighted by atomic mass is 32.1. The standard InChI is InChI=1S/C12H10F3N5S/c1-16-10-8-2-3-21-11(8)19-9(18-10)6-20-5-7(4-17-20)12(13,14)15/h2-5H,6H2,1H3,(H,16,18,19). The first-order chi connectivity index (χ1) is 9.97. The van der Waals surface area contributed by atoms with Crippen LogP contribution in [0.1, 0.15) is 11.4 Å². The Hall–Kier alpha value is -2.16. The molecule has 0 aromatic carbocycles. The molecule has 110 valence electrons. The number of rotatable bonds is 3. The minimum Gasteiger partial charge on any atom is -0.372 e. The number of aromatic nitrogens is 4. The number of halogens is 3. The molecule has 3 aromatic heterocycles. The van der Waals surface area contributed by atoms with E-state index in [4.69, 9.17) is 0 Å². The van der Waals surface area contributed by atoms with Crippen LogP contribution >= 0.6 is 11.3 Å². The van der Waals surface area contributed by atoms with Crippen LogP contribution in [0.4, 0.5) is 19.0 Å². The second-order valence-corrected chi connectivity index (χ2v) is 5.20. The van der Waals surface area contributed by atoms with Gasteiger partial charge in [-0.2, -0.15) is 18.3 Å². The summed E-state index contributed by atoms with van der Waals surface area (Å²) in [7, 11) is 1.74. The smallest absolute Gasteiger partial charge is 0.372 e. The van der Waals surface area contributed by atoms with Crippen LogP contribution in [0.5, 0.6) is 0 Å². The van der Waals surface area contributed by atoms with E-state index in [-0.39, 0.29) is 6.54 Å². The lowest BCUT2D eigenvalue weighted by molar-refractivity contribution is -0.137. The van der Waals surface area contributed by atoms with Gasteiger partial charge in [-0.15, -0.1) is 11.3 Å². The third-order valence-electron chi connectivity index (χ3n) is 2.87. The van der Waals surface area contributed by atoms with Gasteiger partial charge >= 0.3 is 6.18 Å². The Bertz CT molecular complexity index is 777. The van der Waals surface area contributed by atoms with Crippen molar-refractivity contribution in [3.63, 3.8) is 0 Å². The van der Waals surface area contributed by atoms with Crippen LogP contribution in [0.2, 0.25) is 0 Å². The van der Waals surface area contributed by atoms with Crippen molar-refractivity contribution in [3.05, 3.63) is 35.2 Å². The third-order valence-corrected chi connectivity index (χ3v) is 3.68. The molecule has 0 aliphatic carbocycles. The molecule has 0 bridgehead atoms. The summed E-state index contributed by atoms with van der Waals surface area (Å²) >= 11 is 1.45. The van der Waals surface area contributed by atoms with Crippen molar-refractivity contribution in [1.82, 2.24) is 19.7 Å². The summed E-state index contributed by atoms with van der Waals surface area (Å²) < 4.78 is 38.8. The van der Waals surface area contributed by atoms with E-state index in [1.54, 1.807) is 7.05 Å². The van der Waals surface area contributed by atoms with E-state index in [9.17, 15) is 13.2 Å². The molecule has 5 nitrogen and oxygen atoms in total. The maximum absolute atomic E-state index is 12.5. The summed E-state index contributed by atoms with van der Waals surface area (Å²) in [5.41, 5.74) is -0.784. The van der Waals surface area contributed by atoms with Gasteiger partial charge in [-0.05, 0) is 11.4 Å². The highest BCUT2D eigenvalue weighted by molar-refractivity contribution is 7.16. The predicted molar refractivity (Wildman–Crippen MR) is 73.3 cm³/mol. The first-order valence-corrected chi connectivity index (χ1v) is 6.87. The van der Waals surface area contributed by atoms with Crippen molar-refractivity contribution in [1.29, 1.82) is 0 Å². The quantitative estimate of drug-likeness (QED) is 0.807. The van der Waals surface area contributed by atoms with Crippen molar-refractivity contribution in [2.75, 3.05) is 12.4 Å². The summed E-state index contributed by atoms with van der Waals surface area (Å²) in [5.74, 6) is 1.06. The lowest BCUT2D eigenvalue weighted by atomic mass is 10.3. The van der Waals surface area contributed by atoms with Gasteiger partial charge in [0.15, 0.2) is 5.82 Å². The normalized spacial score (nSPS) is 12.0. The van der Waals surface area contributed by atoms with Crippen molar-refractivity contribution in [3.8, 4) is 0 Å². The predicted octanol–water partition coefficient (Wildman–Crippen LogP) is 3.00. The molecule has 0 aliphatic heterocycles. The number of alkyl halides is 3. The molecule has 0 spiro atoms. The van der Waals surface area contributed by atoms with Crippen molar-refractivity contribution in [2.45, 2.75) is 12.7 Å². The van der Waals surface area contributed by atoms with Crippen LogP contribution < -0.4 is 5.32 Å². The van der Waals surface area contributed by atoms with E-state index >= 15 is 0 Å². The summed E-state index contributed by atoms with van der Waals surface area (Å²) in [4.78, 5) is 9.42. The van der Waals surface area contributed by atoms with Gasteiger partial charge in [0, 0.05) is 13.2 Å². The molecule has 0 unspecified atom stereocenters. The molecule has 0 fully saturated rings. The van der Waals surface area contributed by atoms with E-state index in [1.807, 2.05) is 11.4 Å². The second-order valence-electron chi connectivity index (χ2n) is 4.30. The number of thiophene rings is 1. The van der Waals surface area contributed by atoms with Crippen LogP contribution in [-0.2, 0) is 12.7 Å². The average Bonchev–Trinajstić information content (AvgIpc) is 3.05. The molecule has 3 aromatic rings. The van der Waals surface area contributed by atoms with Gasteiger partial charge in [-0.1, -0.05) is 0 Å². The fourth-order valence-corrected chi connectivity index (χ4v) is 2.68. The number of nitrogens with one attached hydrogen (secondary N) is 1. The molecular formula is C12H10F3N5S. The summed E-state index contributed by atoms with van der Waals surface area (Å²) in [5, 5.41) is 9.44. The van der Waals surface area contributed by atoms with Crippen molar-refractivity contribution < 1.29 is 13.2 Å². The van der Waals surface area contributed by atoms with Gasteiger partial charge in [-0.25, -0.2) is 9.97 Å². The van der Waals surface area contributed by atoms with Crippen LogP contribution in [0.25, 0.3) is 10.2 Å². The largest absolute Gasteiger partial charge is 0.419 e. The first-order valence-electron chi connectivity index (χ1n) is 5.99. The zero-order valence-electron chi connectivity index (χ0n) is 10.8. The lowest BCUT2D eigenvalue weighted by Gasteiger charge is -2.05. The van der Waals surface area contributed by atoms with Gasteiger partial charge in [0.1, 0.15) is 17.2 Å². The monoisotopic (exact) mass is 313 g/mol. The molecule has 1 N–H and O–H groups in total. The maximum atomic E-state index is 12.5. The van der Waals surface area contributed by atoms with E-state index in [0.29, 0.717) is 11.6 Å². The molecule has 3 rings (SSSR count). The van der Waals surface area contributed by atoms with E-state index in [0.717, 1.165) is 22.6 Å². The van der Waals surface area contributed by atoms with Crippen molar-refractivity contribution in [2.24, 2.45) is 0 Å². The highest BCUT2D eigenvalue weighted by Gasteiger charge is 2.32. The third kappa shape index (κ3) is 2.68. The zero-order valence-corrected chi connectivity index (χ0v) is 11.7. The Morgan fingerprint density at radius 3 is 2.81 bits per heavy atom. The zero-order chi connectivity index (χ0) is 15.0. The second kappa shape index (κ2) is 4.99. The topological polar surface area (TPSA) is 55.6 Å². The molecule has 9 heteroatoms. The number of hydrogen-bond donors (Lipinski definition) is 1. The molecule has 0 saturated carbocycles. The number of hydrogen-bond acceptors (Lipinski definition) is 5. The van der Waals surface area contributed by atoms with Crippen LogP contribution in [-0.4, -0.2) is 26.8 Å². The van der Waals surface area contributed by atoms with Gasteiger partial charge in [-0.3, -0.25) is 4.68 Å². The first kappa shape index (κ1) is 13.8. The van der Waals surface area contributed by atoms with Gasteiger partial charge in [0.25, 0.3) is 0 Å². The van der Waals surface area contributed by atoms with Gasteiger partial charge in [0.05, 0.1) is 17.1 Å². The molecule has 0 aliphatic rings. The number of anilines is 1. The summed E-state index contributed by atoms with van der Waals surface area (Å²) in [6, 6.07) is 1.89. The maximum Gasteiger partial charge on any atom is 0.419 e. The Balaban J connectivity index is 1.92. The average molecular weight is 313 g/mol. The summed E-state index contributed by atoms with van der Waals surface area (Å²) in [6.45, 7) is 0.0819. The molecule has 3 heterocycles. The van der Waals surface area contributed by atoms with Gasteiger partial charge < -0.3 is 5.32 Å². The molecule has 0 radical (unpaired) electrons. The highest BCUT2D eigenvalue weighted by Crippen LogP contribution is 2.29. The molecule has 0 amide bonds. The van der Waals surface area contributed by atoms with Gasteiger partial charge in [0.2, 0.25) is 0 Å². The Morgan fingerprint density at radius 2 is 2.14 bits per heavy atom. The molecule has 0 atom stereocenters. The molecule has 0 saturated heterocycles. The number of fused-ring (bicyclic) bond motifs is 1.